The Bertz CT molecular complexity index is 577. The summed E-state index contributed by atoms with van der Waals surface area (Å²) in [6, 6.07) is 5.56. The fourth-order valence-corrected chi connectivity index (χ4v) is 1.56. The van der Waals surface area contributed by atoms with Crippen LogP contribution in [0.25, 0.3) is 0 Å². The number of hydrogen-bond donors (Lipinski definition) is 2. The number of nitrogens with zero attached hydrogens (tertiary/aromatic N) is 1. The molecule has 0 saturated heterocycles. The number of pyridine rings is 1. The maximum absolute atomic E-state index is 13.1. The molecule has 0 unspecified atom stereocenters. The molecule has 0 aliphatic rings. The molecule has 18 heavy (non-hydrogen) atoms. The van der Waals surface area contributed by atoms with E-state index >= 15 is 0 Å². The second-order valence-electron chi connectivity index (χ2n) is 3.66. The van der Waals surface area contributed by atoms with Crippen LogP contribution in [0, 0.1) is 12.7 Å². The molecule has 0 amide bonds. The monoisotopic (exact) mass is 267 g/mol. The van der Waals surface area contributed by atoms with Crippen molar-refractivity contribution in [2.75, 3.05) is 5.43 Å². The molecule has 1 aromatic carbocycles. The summed E-state index contributed by atoms with van der Waals surface area (Å²) >= 11 is 5.89. The van der Waals surface area contributed by atoms with Gasteiger partial charge < -0.3 is 10.2 Å². The van der Waals surface area contributed by atoms with E-state index in [0.29, 0.717) is 16.6 Å². The van der Waals surface area contributed by atoms with Crippen molar-refractivity contribution < 1.29 is 9.13 Å². The fraction of sp³-hybridized carbons (Fsp3) is 0.0833. The predicted octanol–water partition coefficient (Wildman–Crippen LogP) is 3.26. The number of nitrogens with one attached hydrogen (secondary N) is 1. The minimum atomic E-state index is -0.425. The Labute approximate surface area is 109 Å². The van der Waals surface area contributed by atoms with Crippen LogP contribution < -0.4 is 16.0 Å². The normalized spacial score (nSPS) is 10.2. The molecule has 0 bridgehead atoms. The number of rotatable bonds is 3. The van der Waals surface area contributed by atoms with Crippen molar-refractivity contribution >= 4 is 17.3 Å². The number of nitrogen functional groups attached to an aromatic ring is 1. The molecule has 1 aromatic heterocycles. The summed E-state index contributed by atoms with van der Waals surface area (Å²) in [7, 11) is 0. The zero-order valence-electron chi connectivity index (χ0n) is 9.58. The maximum Gasteiger partial charge on any atom is 0.219 e. The first kappa shape index (κ1) is 12.6. The van der Waals surface area contributed by atoms with E-state index < -0.39 is 5.82 Å². The molecule has 0 fully saturated rings. The molecule has 4 nitrogen and oxygen atoms in total. The topological polar surface area (TPSA) is 60.2 Å². The molecule has 2 rings (SSSR count). The van der Waals surface area contributed by atoms with E-state index in [2.05, 4.69) is 10.4 Å². The number of hydrazine groups is 1. The average Bonchev–Trinajstić information content (AvgIpc) is 2.34. The first-order valence-electron chi connectivity index (χ1n) is 5.16. The average molecular weight is 268 g/mol. The van der Waals surface area contributed by atoms with E-state index in [0.717, 1.165) is 5.56 Å². The van der Waals surface area contributed by atoms with E-state index in [4.69, 9.17) is 22.2 Å². The number of benzene rings is 1. The van der Waals surface area contributed by atoms with Gasteiger partial charge in [-0.15, -0.1) is 0 Å². The van der Waals surface area contributed by atoms with Gasteiger partial charge in [0.1, 0.15) is 5.82 Å². The Morgan fingerprint density at radius 2 is 2.17 bits per heavy atom. The zero-order chi connectivity index (χ0) is 13.1. The standard InChI is InChI=1S/C12H11ClFN3O/c1-7-4-12(16-6-10(7)17-15)18-11-5-8(14)2-3-9(11)13/h2-6,17H,15H2,1H3. The van der Waals surface area contributed by atoms with Crippen LogP contribution in [0.4, 0.5) is 10.1 Å². The molecule has 0 radical (unpaired) electrons. The highest BCUT2D eigenvalue weighted by atomic mass is 35.5. The lowest BCUT2D eigenvalue weighted by Crippen LogP contribution is -2.08. The van der Waals surface area contributed by atoms with Crippen molar-refractivity contribution in [3.05, 3.63) is 46.9 Å². The number of aryl methyl sites for hydroxylation is 1. The van der Waals surface area contributed by atoms with Gasteiger partial charge in [-0.05, 0) is 24.6 Å². The Morgan fingerprint density at radius 1 is 1.39 bits per heavy atom. The highest BCUT2D eigenvalue weighted by molar-refractivity contribution is 6.32. The molecular weight excluding hydrogens is 257 g/mol. The lowest BCUT2D eigenvalue weighted by molar-refractivity contribution is 0.458. The van der Waals surface area contributed by atoms with Crippen molar-refractivity contribution in [3.63, 3.8) is 0 Å². The molecule has 0 saturated carbocycles. The van der Waals surface area contributed by atoms with Gasteiger partial charge in [-0.3, -0.25) is 5.84 Å². The van der Waals surface area contributed by atoms with Gasteiger partial charge >= 0.3 is 0 Å². The number of hydrogen-bond acceptors (Lipinski definition) is 4. The lowest BCUT2D eigenvalue weighted by Gasteiger charge is -2.09. The van der Waals surface area contributed by atoms with Gasteiger partial charge in [0.2, 0.25) is 5.88 Å². The molecule has 0 aliphatic heterocycles. The number of ether oxygens (including phenoxy) is 1. The van der Waals surface area contributed by atoms with Crippen LogP contribution in [-0.2, 0) is 0 Å². The quantitative estimate of drug-likeness (QED) is 0.662. The van der Waals surface area contributed by atoms with E-state index in [1.54, 1.807) is 6.07 Å². The first-order valence-corrected chi connectivity index (χ1v) is 5.54. The number of halogens is 2. The van der Waals surface area contributed by atoms with Crippen molar-refractivity contribution in [1.29, 1.82) is 0 Å². The molecule has 0 atom stereocenters. The Hall–Kier alpha value is -1.85. The van der Waals surface area contributed by atoms with E-state index in [1.165, 1.54) is 24.4 Å². The predicted molar refractivity (Wildman–Crippen MR) is 68.3 cm³/mol. The summed E-state index contributed by atoms with van der Waals surface area (Å²) in [4.78, 5) is 4.03. The third-order valence-corrected chi connectivity index (χ3v) is 2.66. The summed E-state index contributed by atoms with van der Waals surface area (Å²) in [6.45, 7) is 1.84. The molecule has 1 heterocycles. The minimum Gasteiger partial charge on any atom is -0.437 e. The Balaban J connectivity index is 2.28. The van der Waals surface area contributed by atoms with Gasteiger partial charge in [-0.2, -0.15) is 0 Å². The third kappa shape index (κ3) is 2.69. The molecule has 94 valence electrons. The summed E-state index contributed by atoms with van der Waals surface area (Å²) in [5.41, 5.74) is 4.05. The van der Waals surface area contributed by atoms with Crippen LogP contribution in [-0.4, -0.2) is 4.98 Å². The SMILES string of the molecule is Cc1cc(Oc2cc(F)ccc2Cl)ncc1NN. The van der Waals surface area contributed by atoms with Crippen molar-refractivity contribution in [2.45, 2.75) is 6.92 Å². The highest BCUT2D eigenvalue weighted by Crippen LogP contribution is 2.30. The third-order valence-electron chi connectivity index (χ3n) is 2.35. The molecular formula is C12H11ClFN3O. The summed E-state index contributed by atoms with van der Waals surface area (Å²) in [5, 5.41) is 0.317. The summed E-state index contributed by atoms with van der Waals surface area (Å²) < 4.78 is 18.5. The van der Waals surface area contributed by atoms with Crippen molar-refractivity contribution in [2.24, 2.45) is 5.84 Å². The van der Waals surface area contributed by atoms with E-state index in [9.17, 15) is 4.39 Å². The Kier molecular flexibility index (Phi) is 3.64. The first-order chi connectivity index (χ1) is 8.60. The van der Waals surface area contributed by atoms with Gasteiger partial charge in [0.25, 0.3) is 0 Å². The number of aromatic nitrogens is 1. The van der Waals surface area contributed by atoms with Crippen LogP contribution in [0.3, 0.4) is 0 Å². The van der Waals surface area contributed by atoms with Gasteiger partial charge in [0.15, 0.2) is 5.75 Å². The fourth-order valence-electron chi connectivity index (χ4n) is 1.41. The van der Waals surface area contributed by atoms with Crippen molar-refractivity contribution in [1.82, 2.24) is 4.98 Å². The smallest absolute Gasteiger partial charge is 0.219 e. The Morgan fingerprint density at radius 3 is 2.83 bits per heavy atom. The van der Waals surface area contributed by atoms with Gasteiger partial charge in [0, 0.05) is 12.1 Å². The van der Waals surface area contributed by atoms with Crippen molar-refractivity contribution in [3.8, 4) is 11.6 Å². The van der Waals surface area contributed by atoms with Crippen LogP contribution in [0.1, 0.15) is 5.56 Å². The van der Waals surface area contributed by atoms with Gasteiger partial charge in [-0.1, -0.05) is 11.6 Å². The van der Waals surface area contributed by atoms with E-state index in [-0.39, 0.29) is 5.75 Å². The summed E-state index contributed by atoms with van der Waals surface area (Å²) in [6.07, 6.45) is 1.53. The number of nitrogens with two attached hydrogens (primary N) is 1. The zero-order valence-corrected chi connectivity index (χ0v) is 10.3. The second kappa shape index (κ2) is 5.20. The lowest BCUT2D eigenvalue weighted by atomic mass is 10.2. The van der Waals surface area contributed by atoms with E-state index in [1.807, 2.05) is 6.92 Å². The summed E-state index contributed by atoms with van der Waals surface area (Å²) in [5.74, 6) is 5.41. The highest BCUT2D eigenvalue weighted by Gasteiger charge is 2.07. The number of anilines is 1. The molecule has 0 spiro atoms. The van der Waals surface area contributed by atoms with Gasteiger partial charge in [0.05, 0.1) is 16.9 Å². The second-order valence-corrected chi connectivity index (χ2v) is 4.07. The van der Waals surface area contributed by atoms with Crippen LogP contribution in [0.15, 0.2) is 30.5 Å². The van der Waals surface area contributed by atoms with Crippen LogP contribution in [0.2, 0.25) is 5.02 Å². The van der Waals surface area contributed by atoms with Crippen LogP contribution >= 0.6 is 11.6 Å². The molecule has 3 N–H and O–H groups in total. The van der Waals surface area contributed by atoms with Gasteiger partial charge in [-0.25, -0.2) is 9.37 Å². The minimum absolute atomic E-state index is 0.219. The molecule has 6 heteroatoms. The molecule has 2 aromatic rings. The maximum atomic E-state index is 13.1. The molecule has 0 aliphatic carbocycles. The van der Waals surface area contributed by atoms with Crippen LogP contribution in [0.5, 0.6) is 11.6 Å². The largest absolute Gasteiger partial charge is 0.437 e.